The van der Waals surface area contributed by atoms with E-state index < -0.39 is 0 Å². The quantitative estimate of drug-likeness (QED) is 0.596. The number of guanidine groups is 1. The smallest absolute Gasteiger partial charge is 0.242 e. The number of likely N-dealkylation sites (tertiary alicyclic amines) is 1. The lowest BCUT2D eigenvalue weighted by Gasteiger charge is -2.27. The number of nitrogens with zero attached hydrogens (tertiary/aromatic N) is 2. The van der Waals surface area contributed by atoms with Crippen molar-refractivity contribution in [2.24, 2.45) is 10.7 Å². The predicted octanol–water partition coefficient (Wildman–Crippen LogP) is 1.24. The fraction of sp³-hybridized carbons (Fsp3) is 0.857. The summed E-state index contributed by atoms with van der Waals surface area (Å²) in [5, 5.41) is 3.06. The van der Waals surface area contributed by atoms with E-state index in [-0.39, 0.29) is 12.5 Å². The Bertz CT molecular complexity index is 317. The molecule has 2 rings (SSSR count). The van der Waals surface area contributed by atoms with Gasteiger partial charge in [-0.3, -0.25) is 4.79 Å². The van der Waals surface area contributed by atoms with Crippen molar-refractivity contribution in [3.8, 4) is 0 Å². The molecule has 1 heterocycles. The summed E-state index contributed by atoms with van der Waals surface area (Å²) in [6, 6.07) is 0.354. The van der Waals surface area contributed by atoms with E-state index in [2.05, 4.69) is 15.2 Å². The van der Waals surface area contributed by atoms with Gasteiger partial charge in [0.05, 0.1) is 0 Å². The molecule has 2 fully saturated rings. The fourth-order valence-corrected chi connectivity index (χ4v) is 2.90. The molecule has 5 nitrogen and oxygen atoms in total. The molecule has 1 aliphatic heterocycles. The zero-order valence-corrected chi connectivity index (χ0v) is 11.7. The van der Waals surface area contributed by atoms with Crippen LogP contribution in [0.5, 0.6) is 0 Å². The number of piperidine rings is 1. The third-order valence-corrected chi connectivity index (χ3v) is 4.04. The van der Waals surface area contributed by atoms with Gasteiger partial charge in [-0.05, 0) is 32.1 Å². The van der Waals surface area contributed by atoms with Gasteiger partial charge in [-0.2, -0.15) is 0 Å². The first-order valence-corrected chi connectivity index (χ1v) is 7.60. The second kappa shape index (κ2) is 7.36. The van der Waals surface area contributed by atoms with Gasteiger partial charge in [0, 0.05) is 19.1 Å². The molecule has 1 aliphatic carbocycles. The van der Waals surface area contributed by atoms with E-state index in [0.717, 1.165) is 25.9 Å². The number of hydrogen-bond donors (Lipinski definition) is 2. The second-order valence-electron chi connectivity index (χ2n) is 5.62. The molecule has 3 N–H and O–H groups in total. The first kappa shape index (κ1) is 14.2. The van der Waals surface area contributed by atoms with Crippen LogP contribution in [0, 0.1) is 0 Å². The van der Waals surface area contributed by atoms with E-state index in [4.69, 9.17) is 5.73 Å². The van der Waals surface area contributed by atoms with Gasteiger partial charge < -0.3 is 16.0 Å². The molecule has 0 radical (unpaired) electrons. The van der Waals surface area contributed by atoms with Gasteiger partial charge in [0.25, 0.3) is 0 Å². The molecule has 0 bridgehead atoms. The van der Waals surface area contributed by atoms with Crippen LogP contribution < -0.4 is 11.1 Å². The van der Waals surface area contributed by atoms with Crippen LogP contribution in [0.25, 0.3) is 0 Å². The van der Waals surface area contributed by atoms with Crippen molar-refractivity contribution in [1.29, 1.82) is 0 Å². The second-order valence-corrected chi connectivity index (χ2v) is 5.62. The predicted molar refractivity (Wildman–Crippen MR) is 76.9 cm³/mol. The van der Waals surface area contributed by atoms with Crippen LogP contribution in [-0.4, -0.2) is 42.4 Å². The molecule has 0 aromatic carbocycles. The Morgan fingerprint density at radius 2 is 1.74 bits per heavy atom. The molecule has 19 heavy (non-hydrogen) atoms. The Kier molecular flexibility index (Phi) is 5.48. The van der Waals surface area contributed by atoms with Gasteiger partial charge in [-0.15, -0.1) is 0 Å². The molecule has 0 unspecified atom stereocenters. The monoisotopic (exact) mass is 266 g/mol. The summed E-state index contributed by atoms with van der Waals surface area (Å²) in [6.45, 7) is 2.11. The van der Waals surface area contributed by atoms with Crippen molar-refractivity contribution in [3.05, 3.63) is 0 Å². The Labute approximate surface area is 115 Å². The van der Waals surface area contributed by atoms with Crippen molar-refractivity contribution in [2.45, 2.75) is 57.4 Å². The van der Waals surface area contributed by atoms with Crippen LogP contribution in [0.15, 0.2) is 4.99 Å². The number of amides is 1. The highest BCUT2D eigenvalue weighted by atomic mass is 16.1. The van der Waals surface area contributed by atoms with Gasteiger partial charge in [0.2, 0.25) is 5.91 Å². The molecule has 1 amide bonds. The molecular weight excluding hydrogens is 240 g/mol. The van der Waals surface area contributed by atoms with Gasteiger partial charge in [-0.25, -0.2) is 4.99 Å². The molecular formula is C14H26N4O. The molecule has 0 atom stereocenters. The molecule has 108 valence electrons. The zero-order chi connectivity index (χ0) is 13.5. The van der Waals surface area contributed by atoms with E-state index in [1.807, 2.05) is 0 Å². The molecule has 2 aliphatic rings. The molecule has 0 aromatic rings. The third kappa shape index (κ3) is 4.73. The summed E-state index contributed by atoms with van der Waals surface area (Å²) < 4.78 is 0. The molecule has 5 heteroatoms. The summed E-state index contributed by atoms with van der Waals surface area (Å²) >= 11 is 0. The summed E-state index contributed by atoms with van der Waals surface area (Å²) in [4.78, 5) is 18.1. The average Bonchev–Trinajstić information content (AvgIpc) is 2.47. The molecule has 1 saturated carbocycles. The third-order valence-electron chi connectivity index (χ3n) is 4.04. The Morgan fingerprint density at radius 1 is 1.11 bits per heavy atom. The topological polar surface area (TPSA) is 70.7 Å². The van der Waals surface area contributed by atoms with E-state index in [1.54, 1.807) is 0 Å². The lowest BCUT2D eigenvalue weighted by atomic mass is 9.95. The minimum atomic E-state index is 0.00635. The molecule has 0 spiro atoms. The van der Waals surface area contributed by atoms with Crippen LogP contribution >= 0.6 is 0 Å². The first-order chi connectivity index (χ1) is 9.25. The Morgan fingerprint density at radius 3 is 2.42 bits per heavy atom. The molecule has 1 saturated heterocycles. The number of rotatable bonds is 3. The van der Waals surface area contributed by atoms with Crippen LogP contribution in [0.4, 0.5) is 0 Å². The SMILES string of the molecule is NC(=NCC(=O)NC1CCCCC1)N1CCCCC1. The number of carbonyl (C=O) groups is 1. The van der Waals surface area contributed by atoms with E-state index in [9.17, 15) is 4.79 Å². The van der Waals surface area contributed by atoms with Gasteiger partial charge in [0.1, 0.15) is 6.54 Å². The lowest BCUT2D eigenvalue weighted by Crippen LogP contribution is -2.42. The van der Waals surface area contributed by atoms with Crippen LogP contribution in [-0.2, 0) is 4.79 Å². The number of nitrogens with one attached hydrogen (secondary N) is 1. The first-order valence-electron chi connectivity index (χ1n) is 7.60. The zero-order valence-electron chi connectivity index (χ0n) is 11.7. The minimum Gasteiger partial charge on any atom is -0.370 e. The van der Waals surface area contributed by atoms with Gasteiger partial charge >= 0.3 is 0 Å². The standard InChI is InChI=1S/C14H26N4O/c15-14(18-9-5-2-6-10-18)16-11-13(19)17-12-7-3-1-4-8-12/h12H,1-11H2,(H2,15,16)(H,17,19). The maximum atomic E-state index is 11.8. The minimum absolute atomic E-state index is 0.00635. The summed E-state index contributed by atoms with van der Waals surface area (Å²) in [7, 11) is 0. The van der Waals surface area contributed by atoms with Crippen LogP contribution in [0.2, 0.25) is 0 Å². The highest BCUT2D eigenvalue weighted by molar-refractivity contribution is 5.84. The van der Waals surface area contributed by atoms with Crippen molar-refractivity contribution >= 4 is 11.9 Å². The maximum absolute atomic E-state index is 11.8. The number of aliphatic imine (C=N–C) groups is 1. The summed E-state index contributed by atoms with van der Waals surface area (Å²) in [6.07, 6.45) is 9.58. The van der Waals surface area contributed by atoms with E-state index in [1.165, 1.54) is 38.5 Å². The van der Waals surface area contributed by atoms with Crippen molar-refractivity contribution in [2.75, 3.05) is 19.6 Å². The van der Waals surface area contributed by atoms with Gasteiger partial charge in [0.15, 0.2) is 5.96 Å². The Balaban J connectivity index is 1.71. The average molecular weight is 266 g/mol. The van der Waals surface area contributed by atoms with Crippen molar-refractivity contribution < 1.29 is 4.79 Å². The van der Waals surface area contributed by atoms with E-state index >= 15 is 0 Å². The van der Waals surface area contributed by atoms with Crippen molar-refractivity contribution in [3.63, 3.8) is 0 Å². The van der Waals surface area contributed by atoms with Crippen LogP contribution in [0.3, 0.4) is 0 Å². The maximum Gasteiger partial charge on any atom is 0.242 e. The van der Waals surface area contributed by atoms with Crippen LogP contribution in [0.1, 0.15) is 51.4 Å². The lowest BCUT2D eigenvalue weighted by molar-refractivity contribution is -0.120. The highest BCUT2D eigenvalue weighted by Gasteiger charge is 2.16. The number of hydrogen-bond acceptors (Lipinski definition) is 2. The number of carbonyl (C=O) groups excluding carboxylic acids is 1. The highest BCUT2D eigenvalue weighted by Crippen LogP contribution is 2.17. The molecule has 0 aromatic heterocycles. The van der Waals surface area contributed by atoms with Gasteiger partial charge in [-0.1, -0.05) is 19.3 Å². The Hall–Kier alpha value is -1.26. The number of nitrogens with two attached hydrogens (primary N) is 1. The normalized spacial score (nSPS) is 22.3. The summed E-state index contributed by atoms with van der Waals surface area (Å²) in [5.41, 5.74) is 5.93. The fourth-order valence-electron chi connectivity index (χ4n) is 2.90. The van der Waals surface area contributed by atoms with E-state index in [0.29, 0.717) is 12.0 Å². The largest absolute Gasteiger partial charge is 0.370 e. The van der Waals surface area contributed by atoms with Crippen molar-refractivity contribution in [1.82, 2.24) is 10.2 Å². The summed E-state index contributed by atoms with van der Waals surface area (Å²) in [5.74, 6) is 0.533.